The zero-order chi connectivity index (χ0) is 16.3. The maximum absolute atomic E-state index is 12.1. The van der Waals surface area contributed by atoms with Gasteiger partial charge in [-0.05, 0) is 23.9 Å². The first-order valence-electron chi connectivity index (χ1n) is 6.22. The van der Waals surface area contributed by atoms with Gasteiger partial charge in [-0.2, -0.15) is 0 Å². The van der Waals surface area contributed by atoms with Crippen LogP contribution in [0.2, 0.25) is 0 Å². The second kappa shape index (κ2) is 6.52. The Bertz CT molecular complexity index is 671. The van der Waals surface area contributed by atoms with Gasteiger partial charge in [0, 0.05) is 5.56 Å². The molecule has 0 radical (unpaired) electrons. The molecule has 0 aliphatic carbocycles. The Hall–Kier alpha value is -2.48. The average molecular weight is 322 g/mol. The molecule has 8 heteroatoms. The van der Waals surface area contributed by atoms with E-state index < -0.39 is 23.6 Å². The zero-order valence-electron chi connectivity index (χ0n) is 12.0. The predicted molar refractivity (Wildman–Crippen MR) is 81.4 cm³/mol. The molecule has 1 aromatic carbocycles. The van der Waals surface area contributed by atoms with Crippen molar-refractivity contribution in [2.45, 2.75) is 0 Å². The van der Waals surface area contributed by atoms with Crippen molar-refractivity contribution >= 4 is 34.9 Å². The SMILES string of the molecule is COc1cccc(/C=C2\SC(=O)N(CC(N)=O)C2=O)c1OC. The Kier molecular flexibility index (Phi) is 4.71. The first-order valence-corrected chi connectivity index (χ1v) is 7.04. The van der Waals surface area contributed by atoms with Gasteiger partial charge in [0.15, 0.2) is 11.5 Å². The van der Waals surface area contributed by atoms with Crippen molar-refractivity contribution in [3.05, 3.63) is 28.7 Å². The van der Waals surface area contributed by atoms with Crippen molar-refractivity contribution < 1.29 is 23.9 Å². The molecule has 1 aliphatic heterocycles. The fourth-order valence-electron chi connectivity index (χ4n) is 1.96. The number of hydrogen-bond donors (Lipinski definition) is 1. The molecular weight excluding hydrogens is 308 g/mol. The second-order valence-electron chi connectivity index (χ2n) is 4.32. The molecule has 1 fully saturated rings. The molecule has 0 spiro atoms. The maximum atomic E-state index is 12.1. The molecule has 22 heavy (non-hydrogen) atoms. The Morgan fingerprint density at radius 1 is 1.32 bits per heavy atom. The molecule has 116 valence electrons. The van der Waals surface area contributed by atoms with Crippen LogP contribution in [0, 0.1) is 0 Å². The molecule has 1 aromatic rings. The summed E-state index contributed by atoms with van der Waals surface area (Å²) in [4.78, 5) is 35.8. The number of thioether (sulfide) groups is 1. The normalized spacial score (nSPS) is 16.3. The third-order valence-electron chi connectivity index (χ3n) is 2.91. The lowest BCUT2D eigenvalue weighted by Gasteiger charge is -2.10. The van der Waals surface area contributed by atoms with Gasteiger partial charge >= 0.3 is 0 Å². The Balaban J connectivity index is 2.37. The lowest BCUT2D eigenvalue weighted by molar-refractivity contribution is -0.127. The number of rotatable bonds is 5. The summed E-state index contributed by atoms with van der Waals surface area (Å²) in [5.74, 6) is -0.347. The summed E-state index contributed by atoms with van der Waals surface area (Å²) in [6, 6.07) is 5.18. The molecule has 0 aromatic heterocycles. The fourth-order valence-corrected chi connectivity index (χ4v) is 2.79. The van der Waals surface area contributed by atoms with Crippen LogP contribution in [0.1, 0.15) is 5.56 Å². The number of ether oxygens (including phenoxy) is 2. The summed E-state index contributed by atoms with van der Waals surface area (Å²) in [6.07, 6.45) is 1.52. The maximum Gasteiger partial charge on any atom is 0.294 e. The first kappa shape index (κ1) is 15.9. The van der Waals surface area contributed by atoms with Gasteiger partial charge in [-0.25, -0.2) is 0 Å². The third-order valence-corrected chi connectivity index (χ3v) is 3.81. The van der Waals surface area contributed by atoms with E-state index in [-0.39, 0.29) is 4.91 Å². The van der Waals surface area contributed by atoms with Gasteiger partial charge in [0.2, 0.25) is 5.91 Å². The van der Waals surface area contributed by atoms with E-state index in [4.69, 9.17) is 15.2 Å². The van der Waals surface area contributed by atoms with Crippen LogP contribution < -0.4 is 15.2 Å². The molecule has 1 saturated heterocycles. The number of methoxy groups -OCH3 is 2. The molecule has 0 saturated carbocycles. The molecule has 2 N–H and O–H groups in total. The summed E-state index contributed by atoms with van der Waals surface area (Å²) in [7, 11) is 2.98. The van der Waals surface area contributed by atoms with E-state index in [1.807, 2.05) is 0 Å². The van der Waals surface area contributed by atoms with Gasteiger partial charge in [-0.1, -0.05) is 12.1 Å². The van der Waals surface area contributed by atoms with Crippen LogP contribution >= 0.6 is 11.8 Å². The molecule has 3 amide bonds. The van der Waals surface area contributed by atoms with Crippen LogP contribution in [0.4, 0.5) is 4.79 Å². The van der Waals surface area contributed by atoms with Crippen molar-refractivity contribution in [3.63, 3.8) is 0 Å². The average Bonchev–Trinajstić information content (AvgIpc) is 2.74. The lowest BCUT2D eigenvalue weighted by atomic mass is 10.1. The highest BCUT2D eigenvalue weighted by Crippen LogP contribution is 2.36. The molecule has 0 atom stereocenters. The molecule has 0 unspecified atom stereocenters. The first-order chi connectivity index (χ1) is 10.5. The van der Waals surface area contributed by atoms with Crippen LogP contribution in [-0.2, 0) is 9.59 Å². The van der Waals surface area contributed by atoms with Crippen LogP contribution in [0.15, 0.2) is 23.1 Å². The van der Waals surface area contributed by atoms with E-state index >= 15 is 0 Å². The smallest absolute Gasteiger partial charge is 0.294 e. The highest BCUT2D eigenvalue weighted by molar-refractivity contribution is 8.18. The minimum absolute atomic E-state index is 0.192. The zero-order valence-corrected chi connectivity index (χ0v) is 12.8. The highest BCUT2D eigenvalue weighted by atomic mass is 32.2. The van der Waals surface area contributed by atoms with E-state index in [1.54, 1.807) is 18.2 Å². The summed E-state index contributed by atoms with van der Waals surface area (Å²) >= 11 is 0.746. The minimum Gasteiger partial charge on any atom is -0.493 e. The number of amides is 3. The van der Waals surface area contributed by atoms with Gasteiger partial charge in [0.1, 0.15) is 6.54 Å². The number of benzene rings is 1. The molecule has 2 rings (SSSR count). The van der Waals surface area contributed by atoms with Crippen molar-refractivity contribution in [2.75, 3.05) is 20.8 Å². The van der Waals surface area contributed by atoms with Gasteiger partial charge in [0.05, 0.1) is 19.1 Å². The molecule has 1 heterocycles. The van der Waals surface area contributed by atoms with Crippen molar-refractivity contribution in [1.29, 1.82) is 0 Å². The van der Waals surface area contributed by atoms with Crippen molar-refractivity contribution in [2.24, 2.45) is 5.73 Å². The van der Waals surface area contributed by atoms with Gasteiger partial charge in [-0.15, -0.1) is 0 Å². The predicted octanol–water partition coefficient (Wildman–Crippen LogP) is 1.23. The number of imide groups is 1. The quantitative estimate of drug-likeness (QED) is 0.819. The van der Waals surface area contributed by atoms with E-state index in [0.29, 0.717) is 17.1 Å². The Morgan fingerprint density at radius 2 is 2.05 bits per heavy atom. The van der Waals surface area contributed by atoms with Crippen LogP contribution in [0.3, 0.4) is 0 Å². The summed E-state index contributed by atoms with van der Waals surface area (Å²) < 4.78 is 10.4. The summed E-state index contributed by atoms with van der Waals surface area (Å²) in [5, 5.41) is -0.531. The number of para-hydroxylation sites is 1. The number of nitrogens with zero attached hydrogens (tertiary/aromatic N) is 1. The van der Waals surface area contributed by atoms with E-state index in [1.165, 1.54) is 20.3 Å². The van der Waals surface area contributed by atoms with E-state index in [0.717, 1.165) is 16.7 Å². The number of carbonyl (C=O) groups is 3. The monoisotopic (exact) mass is 322 g/mol. The van der Waals surface area contributed by atoms with Crippen molar-refractivity contribution in [3.8, 4) is 11.5 Å². The highest BCUT2D eigenvalue weighted by Gasteiger charge is 2.36. The third kappa shape index (κ3) is 3.06. The van der Waals surface area contributed by atoms with E-state index in [2.05, 4.69) is 0 Å². The van der Waals surface area contributed by atoms with Gasteiger partial charge in [0.25, 0.3) is 11.1 Å². The molecule has 7 nitrogen and oxygen atoms in total. The van der Waals surface area contributed by atoms with E-state index in [9.17, 15) is 14.4 Å². The summed E-state index contributed by atoms with van der Waals surface area (Å²) in [6.45, 7) is -0.433. The van der Waals surface area contributed by atoms with Crippen LogP contribution in [-0.4, -0.2) is 42.7 Å². The Labute approximate surface area is 131 Å². The van der Waals surface area contributed by atoms with Gasteiger partial charge < -0.3 is 15.2 Å². The molecule has 0 bridgehead atoms. The van der Waals surface area contributed by atoms with Gasteiger partial charge in [-0.3, -0.25) is 19.3 Å². The topological polar surface area (TPSA) is 98.9 Å². The lowest BCUT2D eigenvalue weighted by Crippen LogP contribution is -2.36. The second-order valence-corrected chi connectivity index (χ2v) is 5.31. The summed E-state index contributed by atoms with van der Waals surface area (Å²) in [5.41, 5.74) is 5.62. The number of hydrogen-bond acceptors (Lipinski definition) is 6. The number of primary amides is 1. The Morgan fingerprint density at radius 3 is 2.64 bits per heavy atom. The fraction of sp³-hybridized carbons (Fsp3) is 0.214. The number of nitrogens with two attached hydrogens (primary N) is 1. The standard InChI is InChI=1S/C14H14N2O5S/c1-20-9-5-3-4-8(12(9)21-2)6-10-13(18)16(7-11(15)17)14(19)22-10/h3-6H,7H2,1-2H3,(H2,15,17)/b10-6-. The van der Waals surface area contributed by atoms with Crippen LogP contribution in [0.5, 0.6) is 11.5 Å². The minimum atomic E-state index is -0.748. The molecule has 1 aliphatic rings. The van der Waals surface area contributed by atoms with Crippen LogP contribution in [0.25, 0.3) is 6.08 Å². The number of carbonyl (C=O) groups excluding carboxylic acids is 3. The largest absolute Gasteiger partial charge is 0.493 e. The molecular formula is C14H14N2O5S. The van der Waals surface area contributed by atoms with Crippen molar-refractivity contribution in [1.82, 2.24) is 4.90 Å².